The molecule has 0 heterocycles. The molecule has 0 spiro atoms. The van der Waals surface area contributed by atoms with Gasteiger partial charge < -0.3 is 9.94 Å². The summed E-state index contributed by atoms with van der Waals surface area (Å²) in [5, 5.41) is 9.43. The fourth-order valence-electron chi connectivity index (χ4n) is 1.24. The number of phenolic OH excluding ortho intramolecular Hbond substituents is 1. The molecule has 1 rings (SSSR count). The molecule has 0 aliphatic carbocycles. The van der Waals surface area contributed by atoms with Gasteiger partial charge in [-0.25, -0.2) is 18.7 Å². The molecule has 1 aromatic rings. The van der Waals surface area contributed by atoms with Crippen molar-refractivity contribution >= 4 is 9.84 Å². The fourth-order valence-corrected chi connectivity index (χ4v) is 1.98. The van der Waals surface area contributed by atoms with Gasteiger partial charge in [-0.1, -0.05) is 6.07 Å². The molecule has 0 atom stereocenters. The Bertz CT molecular complexity index is 487. The molecule has 0 bridgehead atoms. The Morgan fingerprint density at radius 3 is 2.62 bits per heavy atom. The zero-order valence-electron chi connectivity index (χ0n) is 8.60. The third kappa shape index (κ3) is 2.69. The van der Waals surface area contributed by atoms with Gasteiger partial charge in [0.05, 0.1) is 6.61 Å². The molecule has 1 aromatic carbocycles. The maximum absolute atomic E-state index is 13.5. The molecule has 16 heavy (non-hydrogen) atoms. The van der Waals surface area contributed by atoms with Gasteiger partial charge in [-0.2, -0.15) is 0 Å². The van der Waals surface area contributed by atoms with Gasteiger partial charge >= 0.3 is 0 Å². The Balaban J connectivity index is 3.19. The second-order valence-corrected chi connectivity index (χ2v) is 5.26. The van der Waals surface area contributed by atoms with Gasteiger partial charge in [0.15, 0.2) is 21.4 Å². The average Bonchev–Trinajstić information content (AvgIpc) is 2.18. The van der Waals surface area contributed by atoms with Crippen molar-refractivity contribution in [3.8, 4) is 5.75 Å². The minimum absolute atomic E-state index is 0.102. The summed E-state index contributed by atoms with van der Waals surface area (Å²) in [5.41, 5.74) is 0.246. The lowest BCUT2D eigenvalue weighted by molar-refractivity contribution is 0.140. The van der Waals surface area contributed by atoms with E-state index in [0.29, 0.717) is 0 Å². The zero-order valence-corrected chi connectivity index (χ0v) is 9.42. The first-order valence-corrected chi connectivity index (χ1v) is 6.29. The highest BCUT2D eigenvalue weighted by Crippen LogP contribution is 2.27. The predicted molar refractivity (Wildman–Crippen MR) is 55.0 cm³/mol. The van der Waals surface area contributed by atoms with E-state index in [9.17, 15) is 17.9 Å². The molecule has 90 valence electrons. The molecule has 5 nitrogen and oxygen atoms in total. The molecule has 0 radical (unpaired) electrons. The normalized spacial score (nSPS) is 11.7. The van der Waals surface area contributed by atoms with E-state index in [2.05, 4.69) is 4.84 Å². The highest BCUT2D eigenvalue weighted by atomic mass is 32.2. The molecular formula is C9H12FNO4S. The standard InChI is InChI=1S/C9H12FNO4S/c1-16(13,14)7-3-2-6(4-5-15-11)9(12)8(7)10/h2-3,12H,4-5,11H2,1H3. The molecule has 0 saturated heterocycles. The van der Waals surface area contributed by atoms with E-state index in [1.165, 1.54) is 6.07 Å². The van der Waals surface area contributed by atoms with E-state index in [1.807, 2.05) is 0 Å². The highest BCUT2D eigenvalue weighted by molar-refractivity contribution is 7.90. The second kappa shape index (κ2) is 4.77. The third-order valence-electron chi connectivity index (χ3n) is 2.05. The number of sulfone groups is 1. The van der Waals surface area contributed by atoms with Gasteiger partial charge in [0.1, 0.15) is 4.90 Å². The van der Waals surface area contributed by atoms with Gasteiger partial charge in [-0.05, 0) is 11.6 Å². The van der Waals surface area contributed by atoms with E-state index in [1.54, 1.807) is 0 Å². The first kappa shape index (κ1) is 12.9. The van der Waals surface area contributed by atoms with Crippen LogP contribution in [0.5, 0.6) is 5.75 Å². The summed E-state index contributed by atoms with van der Waals surface area (Å²) in [4.78, 5) is 3.76. The van der Waals surface area contributed by atoms with Crippen molar-refractivity contribution in [2.45, 2.75) is 11.3 Å². The Labute approximate surface area is 92.5 Å². The first-order valence-electron chi connectivity index (χ1n) is 4.40. The lowest BCUT2D eigenvalue weighted by Gasteiger charge is -2.07. The van der Waals surface area contributed by atoms with Crippen LogP contribution in [0.4, 0.5) is 4.39 Å². The summed E-state index contributed by atoms with van der Waals surface area (Å²) in [7, 11) is -3.68. The van der Waals surface area contributed by atoms with Crippen LogP contribution in [0.1, 0.15) is 5.56 Å². The van der Waals surface area contributed by atoms with Crippen molar-refractivity contribution in [2.24, 2.45) is 5.90 Å². The molecule has 3 N–H and O–H groups in total. The number of phenols is 1. The maximum Gasteiger partial charge on any atom is 0.183 e. The Morgan fingerprint density at radius 2 is 2.12 bits per heavy atom. The number of halogens is 1. The van der Waals surface area contributed by atoms with E-state index >= 15 is 0 Å². The number of benzene rings is 1. The Morgan fingerprint density at radius 1 is 1.50 bits per heavy atom. The van der Waals surface area contributed by atoms with Crippen LogP contribution in [0.15, 0.2) is 17.0 Å². The predicted octanol–water partition coefficient (Wildman–Crippen LogP) is 0.368. The molecule has 0 fully saturated rings. The Hall–Kier alpha value is -1.18. The lowest BCUT2D eigenvalue weighted by Crippen LogP contribution is -2.06. The minimum atomic E-state index is -3.68. The monoisotopic (exact) mass is 249 g/mol. The molecule has 0 aliphatic heterocycles. The molecule has 0 unspecified atom stereocenters. The SMILES string of the molecule is CS(=O)(=O)c1ccc(CCON)c(O)c1F. The number of rotatable bonds is 4. The largest absolute Gasteiger partial charge is 0.505 e. The minimum Gasteiger partial charge on any atom is -0.505 e. The number of hydrogen-bond acceptors (Lipinski definition) is 5. The summed E-state index contributed by atoms with van der Waals surface area (Å²) in [6.07, 6.45) is 1.07. The van der Waals surface area contributed by atoms with Crippen molar-refractivity contribution in [1.82, 2.24) is 0 Å². The number of nitrogens with two attached hydrogens (primary N) is 1. The summed E-state index contributed by atoms with van der Waals surface area (Å²) in [6.45, 7) is 0.102. The molecular weight excluding hydrogens is 237 g/mol. The van der Waals surface area contributed by atoms with E-state index in [0.717, 1.165) is 12.3 Å². The number of aromatic hydroxyl groups is 1. The molecule has 7 heteroatoms. The van der Waals surface area contributed by atoms with Crippen LogP contribution in [-0.2, 0) is 21.1 Å². The van der Waals surface area contributed by atoms with Crippen LogP contribution in [0.3, 0.4) is 0 Å². The summed E-state index contributed by atoms with van der Waals surface area (Å²) < 4.78 is 35.8. The van der Waals surface area contributed by atoms with Crippen molar-refractivity contribution < 1.29 is 22.8 Å². The first-order chi connectivity index (χ1) is 7.38. The van der Waals surface area contributed by atoms with E-state index in [-0.39, 0.29) is 18.6 Å². The van der Waals surface area contributed by atoms with Crippen LogP contribution in [-0.4, -0.2) is 26.4 Å². The maximum atomic E-state index is 13.5. The van der Waals surface area contributed by atoms with Gasteiger partial charge in [-0.15, -0.1) is 0 Å². The summed E-state index contributed by atoms with van der Waals surface area (Å²) in [5.74, 6) is 2.97. The summed E-state index contributed by atoms with van der Waals surface area (Å²) >= 11 is 0. The van der Waals surface area contributed by atoms with Gasteiger partial charge in [0.2, 0.25) is 0 Å². The van der Waals surface area contributed by atoms with Crippen LogP contribution >= 0.6 is 0 Å². The van der Waals surface area contributed by atoms with E-state index in [4.69, 9.17) is 5.90 Å². The van der Waals surface area contributed by atoms with Crippen LogP contribution < -0.4 is 5.90 Å². The van der Waals surface area contributed by atoms with Crippen molar-refractivity contribution in [2.75, 3.05) is 12.9 Å². The van der Waals surface area contributed by atoms with Gasteiger partial charge in [0.25, 0.3) is 0 Å². The Kier molecular flexibility index (Phi) is 3.84. The zero-order chi connectivity index (χ0) is 12.3. The third-order valence-corrected chi connectivity index (χ3v) is 3.17. The molecule has 0 aromatic heterocycles. The van der Waals surface area contributed by atoms with Crippen LogP contribution in [0.2, 0.25) is 0 Å². The van der Waals surface area contributed by atoms with E-state index < -0.39 is 26.3 Å². The van der Waals surface area contributed by atoms with Crippen molar-refractivity contribution in [3.05, 3.63) is 23.5 Å². The fraction of sp³-hybridized carbons (Fsp3) is 0.333. The highest BCUT2D eigenvalue weighted by Gasteiger charge is 2.19. The lowest BCUT2D eigenvalue weighted by atomic mass is 10.1. The van der Waals surface area contributed by atoms with Crippen molar-refractivity contribution in [3.63, 3.8) is 0 Å². The molecule has 0 aliphatic rings. The average molecular weight is 249 g/mol. The molecule has 0 amide bonds. The molecule has 0 saturated carbocycles. The second-order valence-electron chi connectivity index (χ2n) is 3.28. The van der Waals surface area contributed by atoms with Crippen LogP contribution in [0, 0.1) is 5.82 Å². The topological polar surface area (TPSA) is 89.6 Å². The van der Waals surface area contributed by atoms with Crippen molar-refractivity contribution in [1.29, 1.82) is 0 Å². The van der Waals surface area contributed by atoms with Crippen LogP contribution in [0.25, 0.3) is 0 Å². The quantitative estimate of drug-likeness (QED) is 0.752. The van der Waals surface area contributed by atoms with Gasteiger partial charge in [0, 0.05) is 12.7 Å². The number of hydrogen-bond donors (Lipinski definition) is 2. The van der Waals surface area contributed by atoms with Gasteiger partial charge in [-0.3, -0.25) is 0 Å². The summed E-state index contributed by atoms with van der Waals surface area (Å²) in [6, 6.07) is 2.43. The smallest absolute Gasteiger partial charge is 0.183 e.